The first-order valence-corrected chi connectivity index (χ1v) is 2.56. The first kappa shape index (κ1) is 8.91. The van der Waals surface area contributed by atoms with E-state index in [1.54, 1.807) is 0 Å². The number of ether oxygens (including phenoxy) is 1. The van der Waals surface area contributed by atoms with Crippen molar-refractivity contribution < 1.29 is 9.53 Å². The van der Waals surface area contributed by atoms with Crippen molar-refractivity contribution >= 4 is 23.0 Å². The number of hydrogen-bond acceptors (Lipinski definition) is 3. The molecular weight excluding hydrogens is 186 g/mol. The summed E-state index contributed by atoms with van der Waals surface area (Å²) in [5, 5.41) is 0. The van der Waals surface area contributed by atoms with E-state index in [4.69, 9.17) is 5.73 Å². The van der Waals surface area contributed by atoms with Gasteiger partial charge >= 0.3 is 5.97 Å². The van der Waals surface area contributed by atoms with Gasteiger partial charge in [0.15, 0.2) is 0 Å². The van der Waals surface area contributed by atoms with Crippen LogP contribution in [0.5, 0.6) is 0 Å². The van der Waals surface area contributed by atoms with Crippen LogP contribution in [0.15, 0.2) is 0 Å². The molecule has 0 aromatic rings. The van der Waals surface area contributed by atoms with Crippen LogP contribution in [0, 0.1) is 0 Å². The number of rotatable bonds is 1. The minimum Gasteiger partial charge on any atom is -0.468 e. The summed E-state index contributed by atoms with van der Waals surface area (Å²) < 4.78 is 4.41. The molecule has 1 saturated carbocycles. The molecular formula is C5H10BrNO2. The molecule has 0 spiro atoms. The van der Waals surface area contributed by atoms with E-state index in [-0.39, 0.29) is 23.0 Å². The van der Waals surface area contributed by atoms with Gasteiger partial charge < -0.3 is 10.5 Å². The molecule has 0 unspecified atom stereocenters. The summed E-state index contributed by atoms with van der Waals surface area (Å²) in [5.74, 6) is -0.280. The Morgan fingerprint density at radius 1 is 1.67 bits per heavy atom. The lowest BCUT2D eigenvalue weighted by atomic mass is 10.3. The maximum Gasteiger partial charge on any atom is 0.325 e. The molecule has 1 aliphatic rings. The molecule has 0 amide bonds. The zero-order valence-electron chi connectivity index (χ0n) is 5.22. The molecule has 0 bridgehead atoms. The van der Waals surface area contributed by atoms with Crippen molar-refractivity contribution in [3.8, 4) is 0 Å². The van der Waals surface area contributed by atoms with Crippen LogP contribution in [0.1, 0.15) is 12.8 Å². The van der Waals surface area contributed by atoms with Crippen molar-refractivity contribution in [1.82, 2.24) is 0 Å². The molecule has 3 nitrogen and oxygen atoms in total. The second kappa shape index (κ2) is 2.66. The van der Waals surface area contributed by atoms with Crippen LogP contribution in [0.2, 0.25) is 0 Å². The number of halogens is 1. The predicted octanol–water partition coefficient (Wildman–Crippen LogP) is 0.229. The molecule has 1 aliphatic carbocycles. The molecule has 0 aliphatic heterocycles. The number of carbonyl (C=O) groups excluding carboxylic acids is 1. The van der Waals surface area contributed by atoms with E-state index >= 15 is 0 Å². The average molecular weight is 196 g/mol. The SMILES string of the molecule is Br.COC(=O)C1(N)CC1. The largest absolute Gasteiger partial charge is 0.468 e. The minimum absolute atomic E-state index is 0. The molecule has 54 valence electrons. The Labute approximate surface area is 64.3 Å². The molecule has 0 aromatic heterocycles. The van der Waals surface area contributed by atoms with E-state index < -0.39 is 5.54 Å². The number of hydrogen-bond donors (Lipinski definition) is 1. The van der Waals surface area contributed by atoms with E-state index in [9.17, 15) is 4.79 Å². The Kier molecular flexibility index (Phi) is 2.64. The molecule has 0 radical (unpaired) electrons. The highest BCUT2D eigenvalue weighted by Gasteiger charge is 2.47. The van der Waals surface area contributed by atoms with E-state index in [0.29, 0.717) is 0 Å². The van der Waals surface area contributed by atoms with Gasteiger partial charge in [0.2, 0.25) is 0 Å². The number of methoxy groups -OCH3 is 1. The van der Waals surface area contributed by atoms with Crippen LogP contribution in [0.4, 0.5) is 0 Å². The Bertz CT molecular complexity index is 122. The second-order valence-electron chi connectivity index (χ2n) is 2.15. The predicted molar refractivity (Wildman–Crippen MR) is 38.5 cm³/mol. The fraction of sp³-hybridized carbons (Fsp3) is 0.800. The first-order valence-electron chi connectivity index (χ1n) is 2.56. The second-order valence-corrected chi connectivity index (χ2v) is 2.15. The van der Waals surface area contributed by atoms with E-state index in [2.05, 4.69) is 4.74 Å². The monoisotopic (exact) mass is 195 g/mol. The van der Waals surface area contributed by atoms with Gasteiger partial charge in [-0.1, -0.05) is 0 Å². The lowest BCUT2D eigenvalue weighted by Crippen LogP contribution is -2.33. The maximum atomic E-state index is 10.5. The smallest absolute Gasteiger partial charge is 0.325 e. The van der Waals surface area contributed by atoms with Crippen molar-refractivity contribution in [3.63, 3.8) is 0 Å². The van der Waals surface area contributed by atoms with Gasteiger partial charge in [0, 0.05) is 0 Å². The minimum atomic E-state index is -0.602. The van der Waals surface area contributed by atoms with Crippen molar-refractivity contribution in [2.45, 2.75) is 18.4 Å². The van der Waals surface area contributed by atoms with Gasteiger partial charge in [-0.05, 0) is 12.8 Å². The highest BCUT2D eigenvalue weighted by atomic mass is 79.9. The Hall–Kier alpha value is -0.0900. The zero-order valence-corrected chi connectivity index (χ0v) is 6.93. The summed E-state index contributed by atoms with van der Waals surface area (Å²) in [6.45, 7) is 0. The molecule has 1 rings (SSSR count). The lowest BCUT2D eigenvalue weighted by Gasteiger charge is -2.02. The molecule has 1 fully saturated rings. The van der Waals surface area contributed by atoms with E-state index in [1.807, 2.05) is 0 Å². The van der Waals surface area contributed by atoms with Gasteiger partial charge in [0.05, 0.1) is 7.11 Å². The summed E-state index contributed by atoms with van der Waals surface area (Å²) in [4.78, 5) is 10.5. The Morgan fingerprint density at radius 2 is 2.11 bits per heavy atom. The molecule has 0 heterocycles. The third kappa shape index (κ3) is 1.66. The summed E-state index contributed by atoms with van der Waals surface area (Å²) >= 11 is 0. The van der Waals surface area contributed by atoms with Gasteiger partial charge in [0.25, 0.3) is 0 Å². The summed E-state index contributed by atoms with van der Waals surface area (Å²) in [5.41, 5.74) is 4.82. The lowest BCUT2D eigenvalue weighted by molar-refractivity contribution is -0.143. The van der Waals surface area contributed by atoms with Crippen LogP contribution < -0.4 is 5.73 Å². The van der Waals surface area contributed by atoms with E-state index in [0.717, 1.165) is 12.8 Å². The van der Waals surface area contributed by atoms with Crippen LogP contribution in [0.25, 0.3) is 0 Å². The van der Waals surface area contributed by atoms with Crippen molar-refractivity contribution in [3.05, 3.63) is 0 Å². The van der Waals surface area contributed by atoms with Gasteiger partial charge in [-0.3, -0.25) is 4.79 Å². The van der Waals surface area contributed by atoms with Crippen LogP contribution in [-0.2, 0) is 9.53 Å². The zero-order chi connectivity index (χ0) is 6.20. The van der Waals surface area contributed by atoms with Gasteiger partial charge in [-0.15, -0.1) is 17.0 Å². The Balaban J connectivity index is 0.000000640. The number of esters is 1. The quantitative estimate of drug-likeness (QED) is 0.610. The van der Waals surface area contributed by atoms with E-state index in [1.165, 1.54) is 7.11 Å². The molecule has 0 atom stereocenters. The molecule has 9 heavy (non-hydrogen) atoms. The Morgan fingerprint density at radius 3 is 2.22 bits per heavy atom. The van der Waals surface area contributed by atoms with Crippen molar-refractivity contribution in [1.29, 1.82) is 0 Å². The highest BCUT2D eigenvalue weighted by Crippen LogP contribution is 2.32. The molecule has 4 heteroatoms. The topological polar surface area (TPSA) is 52.3 Å². The fourth-order valence-electron chi connectivity index (χ4n) is 0.542. The van der Waals surface area contributed by atoms with Crippen LogP contribution in [-0.4, -0.2) is 18.6 Å². The average Bonchev–Trinajstić information content (AvgIpc) is 2.47. The standard InChI is InChI=1S/C5H9NO2.BrH/c1-8-4(7)5(6)2-3-5;/h2-3,6H2,1H3;1H. The van der Waals surface area contributed by atoms with Crippen molar-refractivity contribution in [2.24, 2.45) is 5.73 Å². The first-order chi connectivity index (χ1) is 3.69. The number of carbonyl (C=O) groups is 1. The van der Waals surface area contributed by atoms with Crippen molar-refractivity contribution in [2.75, 3.05) is 7.11 Å². The highest BCUT2D eigenvalue weighted by molar-refractivity contribution is 8.93. The molecule has 0 aromatic carbocycles. The van der Waals surface area contributed by atoms with Gasteiger partial charge in [-0.2, -0.15) is 0 Å². The number of nitrogens with two attached hydrogens (primary N) is 1. The summed E-state index contributed by atoms with van der Waals surface area (Å²) in [6.07, 6.45) is 1.55. The van der Waals surface area contributed by atoms with Crippen LogP contribution in [0.3, 0.4) is 0 Å². The molecule has 0 saturated heterocycles. The van der Waals surface area contributed by atoms with Gasteiger partial charge in [-0.25, -0.2) is 0 Å². The third-order valence-corrected chi connectivity index (χ3v) is 1.38. The summed E-state index contributed by atoms with van der Waals surface area (Å²) in [7, 11) is 1.36. The summed E-state index contributed by atoms with van der Waals surface area (Å²) in [6, 6.07) is 0. The molecule has 2 N–H and O–H groups in total. The normalized spacial score (nSPS) is 19.8. The van der Waals surface area contributed by atoms with Crippen LogP contribution >= 0.6 is 17.0 Å². The third-order valence-electron chi connectivity index (χ3n) is 1.38. The maximum absolute atomic E-state index is 10.5. The van der Waals surface area contributed by atoms with Gasteiger partial charge in [0.1, 0.15) is 5.54 Å². The fourth-order valence-corrected chi connectivity index (χ4v) is 0.542.